The van der Waals surface area contributed by atoms with Crippen LogP contribution in [0, 0.1) is 24.2 Å². The molecule has 3 rings (SSSR count). The third-order valence-corrected chi connectivity index (χ3v) is 5.48. The van der Waals surface area contributed by atoms with Crippen LogP contribution in [0.4, 0.5) is 0 Å². The highest BCUT2D eigenvalue weighted by atomic mass is 35.5. The van der Waals surface area contributed by atoms with Crippen LogP contribution in [-0.2, 0) is 9.59 Å². The predicted octanol–water partition coefficient (Wildman–Crippen LogP) is 4.93. The first-order chi connectivity index (χ1) is 14.9. The van der Waals surface area contributed by atoms with Crippen molar-refractivity contribution in [1.29, 1.82) is 5.26 Å². The fraction of sp³-hybridized carbons (Fsp3) is 0.375. The van der Waals surface area contributed by atoms with E-state index in [0.29, 0.717) is 35.4 Å². The second kappa shape index (κ2) is 10.3. The SMILES string of the molecule is Cc1ccc(Oc2ccccc2OC(C)C(=O)C(C#N)C(=O)N2CCCCC2)c(Cl)c1. The summed E-state index contributed by atoms with van der Waals surface area (Å²) in [4.78, 5) is 27.2. The lowest BCUT2D eigenvalue weighted by molar-refractivity contribution is -0.142. The lowest BCUT2D eigenvalue weighted by Crippen LogP contribution is -2.44. The van der Waals surface area contributed by atoms with Gasteiger partial charge in [-0.3, -0.25) is 9.59 Å². The molecule has 1 heterocycles. The topological polar surface area (TPSA) is 79.6 Å². The van der Waals surface area contributed by atoms with Gasteiger partial charge >= 0.3 is 0 Å². The van der Waals surface area contributed by atoms with E-state index in [2.05, 4.69) is 0 Å². The van der Waals surface area contributed by atoms with Crippen LogP contribution < -0.4 is 9.47 Å². The Morgan fingerprint density at radius 3 is 2.39 bits per heavy atom. The summed E-state index contributed by atoms with van der Waals surface area (Å²) in [5, 5.41) is 9.96. The molecule has 1 amide bonds. The summed E-state index contributed by atoms with van der Waals surface area (Å²) in [5.41, 5.74) is 1.00. The van der Waals surface area contributed by atoms with Crippen LogP contribution in [0.3, 0.4) is 0 Å². The number of nitrogens with zero attached hydrogens (tertiary/aromatic N) is 2. The maximum absolute atomic E-state index is 12.9. The minimum atomic E-state index is -1.38. The number of hydrogen-bond donors (Lipinski definition) is 0. The number of aryl methyl sites for hydroxylation is 1. The molecule has 2 atom stereocenters. The number of Topliss-reactive ketones (excluding diaryl/α,β-unsaturated/α-hetero) is 1. The van der Waals surface area contributed by atoms with Gasteiger partial charge in [0.1, 0.15) is 5.75 Å². The number of ether oxygens (including phenoxy) is 2. The normalized spacial score (nSPS) is 15.5. The van der Waals surface area contributed by atoms with Gasteiger partial charge in [0.05, 0.1) is 11.1 Å². The van der Waals surface area contributed by atoms with Crippen LogP contribution in [-0.4, -0.2) is 35.8 Å². The van der Waals surface area contributed by atoms with Gasteiger partial charge in [0.25, 0.3) is 0 Å². The average molecular weight is 441 g/mol. The molecule has 0 aromatic heterocycles. The lowest BCUT2D eigenvalue weighted by Gasteiger charge is -2.28. The summed E-state index contributed by atoms with van der Waals surface area (Å²) in [5.74, 6) is -1.24. The summed E-state index contributed by atoms with van der Waals surface area (Å²) in [7, 11) is 0. The van der Waals surface area contributed by atoms with Gasteiger partial charge in [-0.2, -0.15) is 5.26 Å². The van der Waals surface area contributed by atoms with Crippen molar-refractivity contribution in [2.24, 2.45) is 5.92 Å². The molecule has 0 radical (unpaired) electrons. The van der Waals surface area contributed by atoms with Gasteiger partial charge in [-0.15, -0.1) is 0 Å². The van der Waals surface area contributed by atoms with Crippen LogP contribution in [0.1, 0.15) is 31.7 Å². The maximum atomic E-state index is 12.9. The quantitative estimate of drug-likeness (QED) is 0.570. The molecule has 0 saturated carbocycles. The van der Waals surface area contributed by atoms with Crippen molar-refractivity contribution in [3.8, 4) is 23.3 Å². The number of para-hydroxylation sites is 2. The Hall–Kier alpha value is -3.04. The molecular weight excluding hydrogens is 416 g/mol. The van der Waals surface area contributed by atoms with Gasteiger partial charge in [-0.05, 0) is 62.9 Å². The number of benzene rings is 2. The molecule has 0 bridgehead atoms. The number of carbonyl (C=O) groups excluding carboxylic acids is 2. The number of amides is 1. The van der Waals surface area contributed by atoms with Crippen molar-refractivity contribution in [3.63, 3.8) is 0 Å². The van der Waals surface area contributed by atoms with E-state index in [9.17, 15) is 14.9 Å². The molecule has 7 heteroatoms. The monoisotopic (exact) mass is 440 g/mol. The van der Waals surface area contributed by atoms with Gasteiger partial charge < -0.3 is 14.4 Å². The fourth-order valence-electron chi connectivity index (χ4n) is 3.46. The molecule has 0 N–H and O–H groups in total. The third kappa shape index (κ3) is 5.56. The smallest absolute Gasteiger partial charge is 0.247 e. The second-order valence-corrected chi connectivity index (χ2v) is 8.00. The Morgan fingerprint density at radius 1 is 1.06 bits per heavy atom. The van der Waals surface area contributed by atoms with Crippen molar-refractivity contribution in [2.45, 2.75) is 39.2 Å². The molecule has 1 saturated heterocycles. The molecule has 0 aliphatic carbocycles. The molecule has 2 aromatic rings. The highest BCUT2D eigenvalue weighted by Crippen LogP contribution is 2.36. The van der Waals surface area contributed by atoms with Gasteiger partial charge in [-0.1, -0.05) is 29.8 Å². The zero-order chi connectivity index (χ0) is 22.4. The molecule has 162 valence electrons. The van der Waals surface area contributed by atoms with Crippen LogP contribution in [0.5, 0.6) is 17.2 Å². The van der Waals surface area contributed by atoms with E-state index in [4.69, 9.17) is 21.1 Å². The summed E-state index contributed by atoms with van der Waals surface area (Å²) >= 11 is 6.26. The van der Waals surface area contributed by atoms with Crippen molar-refractivity contribution in [2.75, 3.05) is 13.1 Å². The standard InChI is InChI=1S/C24H25ClN2O4/c1-16-10-11-20(19(25)14-16)31-22-9-5-4-8-21(22)30-17(2)23(28)18(15-26)24(29)27-12-6-3-7-13-27/h4-5,8-11,14,17-18H,3,6-7,12-13H2,1-2H3. The van der Waals surface area contributed by atoms with E-state index in [-0.39, 0.29) is 0 Å². The van der Waals surface area contributed by atoms with E-state index in [0.717, 1.165) is 24.8 Å². The van der Waals surface area contributed by atoms with E-state index in [1.807, 2.05) is 19.1 Å². The number of nitriles is 1. The van der Waals surface area contributed by atoms with Gasteiger partial charge in [0.15, 0.2) is 29.3 Å². The highest BCUT2D eigenvalue weighted by Gasteiger charge is 2.35. The molecule has 1 aliphatic heterocycles. The summed E-state index contributed by atoms with van der Waals surface area (Å²) in [6.45, 7) is 4.61. The van der Waals surface area contributed by atoms with Crippen molar-refractivity contribution in [3.05, 3.63) is 53.1 Å². The fourth-order valence-corrected chi connectivity index (χ4v) is 3.73. The van der Waals surface area contributed by atoms with Gasteiger partial charge in [0, 0.05) is 13.1 Å². The third-order valence-electron chi connectivity index (χ3n) is 5.19. The first kappa shape index (κ1) is 22.6. The summed E-state index contributed by atoms with van der Waals surface area (Å²) in [6, 6.07) is 14.2. The predicted molar refractivity (Wildman–Crippen MR) is 117 cm³/mol. The van der Waals surface area contributed by atoms with Crippen molar-refractivity contribution in [1.82, 2.24) is 4.90 Å². The summed E-state index contributed by atoms with van der Waals surface area (Å²) < 4.78 is 11.7. The van der Waals surface area contributed by atoms with Gasteiger partial charge in [-0.25, -0.2) is 0 Å². The number of rotatable bonds is 7. The van der Waals surface area contributed by atoms with E-state index in [1.54, 1.807) is 41.3 Å². The summed E-state index contributed by atoms with van der Waals surface area (Å²) in [6.07, 6.45) is 1.82. The average Bonchev–Trinajstić information content (AvgIpc) is 2.77. The van der Waals surface area contributed by atoms with Crippen molar-refractivity contribution >= 4 is 23.3 Å². The zero-order valence-corrected chi connectivity index (χ0v) is 18.4. The molecule has 6 nitrogen and oxygen atoms in total. The highest BCUT2D eigenvalue weighted by molar-refractivity contribution is 6.32. The van der Waals surface area contributed by atoms with E-state index >= 15 is 0 Å². The van der Waals surface area contributed by atoms with Crippen LogP contribution >= 0.6 is 11.6 Å². The number of piperidine rings is 1. The Morgan fingerprint density at radius 2 is 1.74 bits per heavy atom. The Balaban J connectivity index is 1.73. The Labute approximate surface area is 187 Å². The first-order valence-electron chi connectivity index (χ1n) is 10.3. The molecule has 2 aromatic carbocycles. The Bertz CT molecular complexity index is 995. The van der Waals surface area contributed by atoms with Crippen LogP contribution in [0.2, 0.25) is 5.02 Å². The van der Waals surface area contributed by atoms with Crippen LogP contribution in [0.25, 0.3) is 0 Å². The largest absolute Gasteiger partial charge is 0.479 e. The molecule has 1 aliphatic rings. The number of likely N-dealkylation sites (tertiary alicyclic amines) is 1. The minimum absolute atomic E-state index is 0.321. The molecular formula is C24H25ClN2O4. The number of carbonyl (C=O) groups is 2. The number of ketones is 1. The molecule has 1 fully saturated rings. The lowest BCUT2D eigenvalue weighted by atomic mass is 9.99. The molecule has 0 spiro atoms. The molecule has 31 heavy (non-hydrogen) atoms. The van der Waals surface area contributed by atoms with Crippen molar-refractivity contribution < 1.29 is 19.1 Å². The first-order valence-corrected chi connectivity index (χ1v) is 10.7. The number of hydrogen-bond acceptors (Lipinski definition) is 5. The minimum Gasteiger partial charge on any atom is -0.479 e. The van der Waals surface area contributed by atoms with E-state index < -0.39 is 23.7 Å². The van der Waals surface area contributed by atoms with Crippen LogP contribution in [0.15, 0.2) is 42.5 Å². The van der Waals surface area contributed by atoms with E-state index in [1.165, 1.54) is 6.92 Å². The molecule has 2 unspecified atom stereocenters. The number of halogens is 1. The second-order valence-electron chi connectivity index (χ2n) is 7.59. The zero-order valence-electron chi connectivity index (χ0n) is 17.6. The van der Waals surface area contributed by atoms with Gasteiger partial charge in [0.2, 0.25) is 5.91 Å². The maximum Gasteiger partial charge on any atom is 0.247 e. The Kier molecular flexibility index (Phi) is 7.54.